The van der Waals surface area contributed by atoms with Gasteiger partial charge in [0.05, 0.1) is 23.8 Å². The number of para-hydroxylation sites is 3. The molecule has 3 aromatic rings. The number of ether oxygens (including phenoxy) is 1. The molecular weight excluding hydrogens is 236 g/mol. The third-order valence-corrected chi connectivity index (χ3v) is 3.06. The van der Waals surface area contributed by atoms with Crippen LogP contribution in [0.15, 0.2) is 54.7 Å². The molecule has 1 aromatic heterocycles. The fourth-order valence-corrected chi connectivity index (χ4v) is 2.12. The van der Waals surface area contributed by atoms with E-state index in [-0.39, 0.29) is 0 Å². The molecule has 0 aliphatic rings. The average molecular weight is 250 g/mol. The molecule has 0 aliphatic heterocycles. The number of methoxy groups -OCH3 is 1. The summed E-state index contributed by atoms with van der Waals surface area (Å²) in [4.78, 5) is 9.06. The zero-order chi connectivity index (χ0) is 13.1. The topological polar surface area (TPSA) is 35.0 Å². The van der Waals surface area contributed by atoms with Crippen LogP contribution in [0.5, 0.6) is 5.75 Å². The highest BCUT2D eigenvalue weighted by Gasteiger charge is 2.05. The smallest absolute Gasteiger partial charge is 0.122 e. The monoisotopic (exact) mass is 250 g/mol. The Morgan fingerprint density at radius 2 is 1.68 bits per heavy atom. The summed E-state index contributed by atoms with van der Waals surface area (Å²) >= 11 is 0. The van der Waals surface area contributed by atoms with Gasteiger partial charge in [-0.1, -0.05) is 30.3 Å². The minimum Gasteiger partial charge on any atom is -0.496 e. The second-order valence-electron chi connectivity index (χ2n) is 4.34. The first-order chi connectivity index (χ1) is 9.36. The van der Waals surface area contributed by atoms with E-state index < -0.39 is 0 Å². The van der Waals surface area contributed by atoms with Gasteiger partial charge in [0.25, 0.3) is 0 Å². The van der Waals surface area contributed by atoms with E-state index in [1.807, 2.05) is 48.7 Å². The van der Waals surface area contributed by atoms with Gasteiger partial charge in [0.15, 0.2) is 0 Å². The van der Waals surface area contributed by atoms with Crippen molar-refractivity contribution in [2.45, 2.75) is 6.42 Å². The second kappa shape index (κ2) is 5.06. The summed E-state index contributed by atoms with van der Waals surface area (Å²) in [5.41, 5.74) is 3.92. The lowest BCUT2D eigenvalue weighted by Gasteiger charge is -2.07. The highest BCUT2D eigenvalue weighted by atomic mass is 16.5. The molecule has 0 spiro atoms. The van der Waals surface area contributed by atoms with E-state index >= 15 is 0 Å². The lowest BCUT2D eigenvalue weighted by molar-refractivity contribution is 0.410. The van der Waals surface area contributed by atoms with E-state index in [0.717, 1.165) is 34.5 Å². The van der Waals surface area contributed by atoms with Crippen molar-refractivity contribution in [3.63, 3.8) is 0 Å². The maximum atomic E-state index is 5.36. The Morgan fingerprint density at radius 3 is 2.53 bits per heavy atom. The van der Waals surface area contributed by atoms with Gasteiger partial charge >= 0.3 is 0 Å². The fraction of sp³-hybridized carbons (Fsp3) is 0.125. The van der Waals surface area contributed by atoms with E-state index in [0.29, 0.717) is 0 Å². The highest BCUT2D eigenvalue weighted by Crippen LogP contribution is 2.20. The van der Waals surface area contributed by atoms with Crippen molar-refractivity contribution in [2.24, 2.45) is 0 Å². The van der Waals surface area contributed by atoms with Crippen LogP contribution in [0.25, 0.3) is 11.0 Å². The predicted octanol–water partition coefficient (Wildman–Crippen LogP) is 3.23. The molecule has 19 heavy (non-hydrogen) atoms. The van der Waals surface area contributed by atoms with Crippen molar-refractivity contribution in [3.05, 3.63) is 66.0 Å². The zero-order valence-electron chi connectivity index (χ0n) is 10.7. The minimum atomic E-state index is 0.724. The number of nitrogens with zero attached hydrogens (tertiary/aromatic N) is 2. The lowest BCUT2D eigenvalue weighted by Crippen LogP contribution is -1.97. The number of hydrogen-bond acceptors (Lipinski definition) is 3. The van der Waals surface area contributed by atoms with Crippen LogP contribution in [-0.4, -0.2) is 17.1 Å². The van der Waals surface area contributed by atoms with E-state index in [2.05, 4.69) is 16.0 Å². The van der Waals surface area contributed by atoms with E-state index in [1.54, 1.807) is 7.11 Å². The highest BCUT2D eigenvalue weighted by molar-refractivity contribution is 5.73. The van der Waals surface area contributed by atoms with Gasteiger partial charge in [-0.05, 0) is 18.2 Å². The fourth-order valence-electron chi connectivity index (χ4n) is 2.12. The summed E-state index contributed by atoms with van der Waals surface area (Å²) in [5, 5.41) is 0. The van der Waals surface area contributed by atoms with Crippen molar-refractivity contribution in [3.8, 4) is 5.75 Å². The summed E-state index contributed by atoms with van der Waals surface area (Å²) in [5.74, 6) is 0.887. The molecule has 1 heterocycles. The van der Waals surface area contributed by atoms with Gasteiger partial charge < -0.3 is 4.74 Å². The van der Waals surface area contributed by atoms with Crippen molar-refractivity contribution in [2.75, 3.05) is 7.11 Å². The zero-order valence-corrected chi connectivity index (χ0v) is 10.7. The van der Waals surface area contributed by atoms with Gasteiger partial charge in [-0.2, -0.15) is 0 Å². The third-order valence-electron chi connectivity index (χ3n) is 3.06. The molecule has 3 rings (SSSR count). The normalized spacial score (nSPS) is 10.6. The van der Waals surface area contributed by atoms with Gasteiger partial charge in [0.2, 0.25) is 0 Å². The first-order valence-electron chi connectivity index (χ1n) is 6.19. The summed E-state index contributed by atoms with van der Waals surface area (Å²) in [6, 6.07) is 15.9. The van der Waals surface area contributed by atoms with Gasteiger partial charge in [-0.15, -0.1) is 0 Å². The molecule has 0 unspecified atom stereocenters. The molecular formula is C16H14N2O. The Hall–Kier alpha value is -2.42. The first kappa shape index (κ1) is 11.7. The van der Waals surface area contributed by atoms with Gasteiger partial charge in [0.1, 0.15) is 5.75 Å². The maximum absolute atomic E-state index is 5.36. The van der Waals surface area contributed by atoms with Gasteiger partial charge in [0, 0.05) is 18.2 Å². The molecule has 3 heteroatoms. The molecule has 0 N–H and O–H groups in total. The van der Waals surface area contributed by atoms with Crippen molar-refractivity contribution >= 4 is 11.0 Å². The van der Waals surface area contributed by atoms with Crippen LogP contribution >= 0.6 is 0 Å². The molecule has 0 aliphatic carbocycles. The number of benzene rings is 2. The Morgan fingerprint density at radius 1 is 0.947 bits per heavy atom. The molecule has 0 fully saturated rings. The maximum Gasteiger partial charge on any atom is 0.122 e. The number of rotatable bonds is 3. The minimum absolute atomic E-state index is 0.724. The van der Waals surface area contributed by atoms with Crippen molar-refractivity contribution in [1.29, 1.82) is 0 Å². The molecule has 0 bridgehead atoms. The SMILES string of the molecule is COc1ccccc1Cc1cnc2ccccc2n1. The molecule has 94 valence electrons. The molecule has 3 nitrogen and oxygen atoms in total. The second-order valence-corrected chi connectivity index (χ2v) is 4.34. The molecule has 0 saturated heterocycles. The number of fused-ring (bicyclic) bond motifs is 1. The number of hydrogen-bond donors (Lipinski definition) is 0. The van der Waals surface area contributed by atoms with Crippen molar-refractivity contribution < 1.29 is 4.74 Å². The van der Waals surface area contributed by atoms with Gasteiger partial charge in [-0.3, -0.25) is 4.98 Å². The van der Waals surface area contributed by atoms with E-state index in [1.165, 1.54) is 0 Å². The van der Waals surface area contributed by atoms with E-state index in [4.69, 9.17) is 4.74 Å². The Kier molecular flexibility index (Phi) is 3.11. The summed E-state index contributed by atoms with van der Waals surface area (Å²) in [7, 11) is 1.69. The average Bonchev–Trinajstić information content (AvgIpc) is 2.48. The summed E-state index contributed by atoms with van der Waals surface area (Å²) < 4.78 is 5.36. The van der Waals surface area contributed by atoms with Crippen molar-refractivity contribution in [1.82, 2.24) is 9.97 Å². The Labute approximate surface area is 111 Å². The van der Waals surface area contributed by atoms with Crippen LogP contribution in [0.3, 0.4) is 0 Å². The predicted molar refractivity (Wildman–Crippen MR) is 75.3 cm³/mol. The summed E-state index contributed by atoms with van der Waals surface area (Å²) in [6.45, 7) is 0. The largest absolute Gasteiger partial charge is 0.496 e. The number of aromatic nitrogens is 2. The van der Waals surface area contributed by atoms with Crippen LogP contribution in [0.2, 0.25) is 0 Å². The Bertz CT molecular complexity index is 710. The molecule has 0 amide bonds. The van der Waals surface area contributed by atoms with Crippen LogP contribution in [0, 0.1) is 0 Å². The van der Waals surface area contributed by atoms with E-state index in [9.17, 15) is 0 Å². The first-order valence-corrected chi connectivity index (χ1v) is 6.19. The van der Waals surface area contributed by atoms with Crippen LogP contribution in [0.1, 0.15) is 11.3 Å². The lowest BCUT2D eigenvalue weighted by atomic mass is 10.1. The molecule has 0 atom stereocenters. The summed E-state index contributed by atoms with van der Waals surface area (Å²) in [6.07, 6.45) is 2.55. The molecule has 2 aromatic carbocycles. The quantitative estimate of drug-likeness (QED) is 0.715. The molecule has 0 radical (unpaired) electrons. The van der Waals surface area contributed by atoms with Crippen LogP contribution in [-0.2, 0) is 6.42 Å². The van der Waals surface area contributed by atoms with Gasteiger partial charge in [-0.25, -0.2) is 4.98 Å². The third kappa shape index (κ3) is 2.40. The van der Waals surface area contributed by atoms with Crippen LogP contribution < -0.4 is 4.74 Å². The standard InChI is InChI=1S/C16H14N2O/c1-19-16-9-5-2-6-12(16)10-13-11-17-14-7-3-4-8-15(14)18-13/h2-9,11H,10H2,1H3. The Balaban J connectivity index is 1.96. The molecule has 0 saturated carbocycles. The van der Waals surface area contributed by atoms with Crippen LogP contribution in [0.4, 0.5) is 0 Å².